The number of amidine groups is 1. The van der Waals surface area contributed by atoms with E-state index in [1.807, 2.05) is 41.2 Å². The Labute approximate surface area is 104 Å². The molecule has 2 aromatic rings. The van der Waals surface area contributed by atoms with Crippen LogP contribution < -0.4 is 5.73 Å². The maximum absolute atomic E-state index is 8.84. The van der Waals surface area contributed by atoms with Crippen LogP contribution in [0, 0.1) is 0 Å². The standard InChI is InChI=1S/C12H12ClN3O/c13-10-5-3-9(4-6-10)11(12(14)15-17)16-7-1-2-8-16/h1-8,11,17H,(H2,14,15). The summed E-state index contributed by atoms with van der Waals surface area (Å²) in [6.45, 7) is 0. The van der Waals surface area contributed by atoms with Crippen LogP contribution in [0.1, 0.15) is 11.6 Å². The largest absolute Gasteiger partial charge is 0.409 e. The predicted octanol–water partition coefficient (Wildman–Crippen LogP) is 2.48. The van der Waals surface area contributed by atoms with Gasteiger partial charge in [0, 0.05) is 17.4 Å². The van der Waals surface area contributed by atoms with Crippen LogP contribution in [0.5, 0.6) is 0 Å². The summed E-state index contributed by atoms with van der Waals surface area (Å²) in [6.07, 6.45) is 3.72. The molecule has 4 nitrogen and oxygen atoms in total. The highest BCUT2D eigenvalue weighted by molar-refractivity contribution is 6.30. The summed E-state index contributed by atoms with van der Waals surface area (Å²) < 4.78 is 1.86. The second kappa shape index (κ2) is 4.93. The van der Waals surface area contributed by atoms with Gasteiger partial charge in [-0.25, -0.2) is 0 Å². The van der Waals surface area contributed by atoms with Crippen LogP contribution in [0.3, 0.4) is 0 Å². The van der Waals surface area contributed by atoms with Crippen molar-refractivity contribution in [1.82, 2.24) is 4.57 Å². The zero-order chi connectivity index (χ0) is 12.3. The van der Waals surface area contributed by atoms with E-state index in [9.17, 15) is 0 Å². The van der Waals surface area contributed by atoms with Crippen LogP contribution in [-0.4, -0.2) is 15.6 Å². The molecule has 3 N–H and O–H groups in total. The van der Waals surface area contributed by atoms with Gasteiger partial charge in [-0.15, -0.1) is 0 Å². The third-order valence-corrected chi connectivity index (χ3v) is 2.76. The first kappa shape index (κ1) is 11.5. The summed E-state index contributed by atoms with van der Waals surface area (Å²) in [5.74, 6) is 0.128. The smallest absolute Gasteiger partial charge is 0.166 e. The number of nitrogens with zero attached hydrogens (tertiary/aromatic N) is 2. The lowest BCUT2D eigenvalue weighted by Crippen LogP contribution is -2.27. The molecule has 0 aliphatic carbocycles. The minimum atomic E-state index is -0.327. The summed E-state index contributed by atoms with van der Waals surface area (Å²) >= 11 is 5.84. The van der Waals surface area contributed by atoms with Crippen molar-refractivity contribution < 1.29 is 5.21 Å². The minimum Gasteiger partial charge on any atom is -0.409 e. The molecule has 1 heterocycles. The Morgan fingerprint density at radius 1 is 1.24 bits per heavy atom. The molecule has 1 unspecified atom stereocenters. The Hall–Kier alpha value is -1.94. The fourth-order valence-corrected chi connectivity index (χ4v) is 1.84. The molecule has 0 saturated heterocycles. The number of benzene rings is 1. The van der Waals surface area contributed by atoms with Gasteiger partial charge in [0.15, 0.2) is 5.84 Å². The summed E-state index contributed by atoms with van der Waals surface area (Å²) in [5, 5.41) is 12.6. The highest BCUT2D eigenvalue weighted by Gasteiger charge is 2.17. The Morgan fingerprint density at radius 3 is 2.35 bits per heavy atom. The van der Waals surface area contributed by atoms with Crippen LogP contribution in [-0.2, 0) is 0 Å². The van der Waals surface area contributed by atoms with Crippen LogP contribution in [0.2, 0.25) is 5.02 Å². The van der Waals surface area contributed by atoms with E-state index in [2.05, 4.69) is 5.16 Å². The normalized spacial score (nSPS) is 13.6. The van der Waals surface area contributed by atoms with Crippen molar-refractivity contribution in [1.29, 1.82) is 0 Å². The molecule has 1 atom stereocenters. The quantitative estimate of drug-likeness (QED) is 0.380. The average Bonchev–Trinajstić information content (AvgIpc) is 2.85. The van der Waals surface area contributed by atoms with Crippen LogP contribution >= 0.6 is 11.6 Å². The Morgan fingerprint density at radius 2 is 1.82 bits per heavy atom. The molecular formula is C12H12ClN3O. The maximum Gasteiger partial charge on any atom is 0.166 e. The molecule has 2 rings (SSSR count). The van der Waals surface area contributed by atoms with Gasteiger partial charge in [0.25, 0.3) is 0 Å². The zero-order valence-electron chi connectivity index (χ0n) is 8.99. The fourth-order valence-electron chi connectivity index (χ4n) is 1.72. The van der Waals surface area contributed by atoms with Crippen molar-refractivity contribution >= 4 is 17.4 Å². The van der Waals surface area contributed by atoms with E-state index in [4.69, 9.17) is 22.5 Å². The molecule has 88 valence electrons. The first-order chi connectivity index (χ1) is 8.22. The molecule has 0 aliphatic heterocycles. The van der Waals surface area contributed by atoms with E-state index in [-0.39, 0.29) is 11.9 Å². The van der Waals surface area contributed by atoms with Gasteiger partial charge in [-0.3, -0.25) is 0 Å². The lowest BCUT2D eigenvalue weighted by molar-refractivity contribution is 0.315. The highest BCUT2D eigenvalue weighted by atomic mass is 35.5. The van der Waals surface area contributed by atoms with E-state index in [0.717, 1.165) is 5.56 Å². The van der Waals surface area contributed by atoms with Crippen LogP contribution in [0.4, 0.5) is 0 Å². The third kappa shape index (κ3) is 2.42. The minimum absolute atomic E-state index is 0.128. The number of hydrogen-bond acceptors (Lipinski definition) is 2. The number of hydrogen-bond donors (Lipinski definition) is 2. The number of rotatable bonds is 3. The maximum atomic E-state index is 8.84. The molecule has 0 radical (unpaired) electrons. The molecule has 17 heavy (non-hydrogen) atoms. The molecule has 1 aromatic carbocycles. The third-order valence-electron chi connectivity index (χ3n) is 2.51. The van der Waals surface area contributed by atoms with Gasteiger partial charge in [0.05, 0.1) is 0 Å². The summed E-state index contributed by atoms with van der Waals surface area (Å²) in [6, 6.07) is 10.7. The number of oxime groups is 1. The molecule has 0 bridgehead atoms. The molecule has 0 aliphatic rings. The summed E-state index contributed by atoms with van der Waals surface area (Å²) in [5.41, 5.74) is 6.63. The van der Waals surface area contributed by atoms with Crippen molar-refractivity contribution in [2.75, 3.05) is 0 Å². The Balaban J connectivity index is 2.44. The predicted molar refractivity (Wildman–Crippen MR) is 67.4 cm³/mol. The summed E-state index contributed by atoms with van der Waals surface area (Å²) in [7, 11) is 0. The van der Waals surface area contributed by atoms with Gasteiger partial charge in [0.1, 0.15) is 6.04 Å². The van der Waals surface area contributed by atoms with Gasteiger partial charge < -0.3 is 15.5 Å². The van der Waals surface area contributed by atoms with Gasteiger partial charge in [-0.2, -0.15) is 0 Å². The van der Waals surface area contributed by atoms with Gasteiger partial charge >= 0.3 is 0 Å². The van der Waals surface area contributed by atoms with Crippen molar-refractivity contribution in [3.05, 3.63) is 59.4 Å². The number of aromatic nitrogens is 1. The number of nitrogens with two attached hydrogens (primary N) is 1. The van der Waals surface area contributed by atoms with E-state index < -0.39 is 0 Å². The van der Waals surface area contributed by atoms with Crippen LogP contribution in [0.25, 0.3) is 0 Å². The van der Waals surface area contributed by atoms with E-state index in [0.29, 0.717) is 5.02 Å². The van der Waals surface area contributed by atoms with Crippen LogP contribution in [0.15, 0.2) is 53.9 Å². The number of halogens is 1. The Bertz CT molecular complexity index is 505. The first-order valence-electron chi connectivity index (χ1n) is 5.07. The van der Waals surface area contributed by atoms with Gasteiger partial charge in [-0.1, -0.05) is 28.9 Å². The molecule has 1 aromatic heterocycles. The molecule has 5 heteroatoms. The molecule has 0 saturated carbocycles. The SMILES string of the molecule is N/C(=N\O)C(c1ccc(Cl)cc1)n1cccc1. The van der Waals surface area contributed by atoms with Crippen molar-refractivity contribution in [2.24, 2.45) is 10.9 Å². The van der Waals surface area contributed by atoms with Gasteiger partial charge in [0.2, 0.25) is 0 Å². The average molecular weight is 250 g/mol. The van der Waals surface area contributed by atoms with Gasteiger partial charge in [-0.05, 0) is 29.8 Å². The lowest BCUT2D eigenvalue weighted by Gasteiger charge is -2.18. The summed E-state index contributed by atoms with van der Waals surface area (Å²) in [4.78, 5) is 0. The van der Waals surface area contributed by atoms with Crippen molar-refractivity contribution in [3.63, 3.8) is 0 Å². The topological polar surface area (TPSA) is 63.5 Å². The first-order valence-corrected chi connectivity index (χ1v) is 5.45. The molecule has 0 amide bonds. The highest BCUT2D eigenvalue weighted by Crippen LogP contribution is 2.21. The monoisotopic (exact) mass is 249 g/mol. The lowest BCUT2D eigenvalue weighted by atomic mass is 10.1. The van der Waals surface area contributed by atoms with E-state index >= 15 is 0 Å². The molecule has 0 spiro atoms. The molecule has 0 fully saturated rings. The van der Waals surface area contributed by atoms with E-state index in [1.165, 1.54) is 0 Å². The fraction of sp³-hybridized carbons (Fsp3) is 0.0833. The second-order valence-electron chi connectivity index (χ2n) is 3.61. The van der Waals surface area contributed by atoms with E-state index in [1.54, 1.807) is 12.1 Å². The Kier molecular flexibility index (Phi) is 3.35. The zero-order valence-corrected chi connectivity index (χ0v) is 9.75. The van der Waals surface area contributed by atoms with Crippen molar-refractivity contribution in [3.8, 4) is 0 Å². The second-order valence-corrected chi connectivity index (χ2v) is 4.05. The molecular weight excluding hydrogens is 238 g/mol. The van der Waals surface area contributed by atoms with Crippen molar-refractivity contribution in [2.45, 2.75) is 6.04 Å².